The Labute approximate surface area is 151 Å². The van der Waals surface area contributed by atoms with E-state index in [9.17, 15) is 19.5 Å². The highest BCUT2D eigenvalue weighted by molar-refractivity contribution is 6.05. The number of aliphatic carboxylic acids is 1. The van der Waals surface area contributed by atoms with Gasteiger partial charge in [-0.2, -0.15) is 0 Å². The largest absolute Gasteiger partial charge is 0.481 e. The summed E-state index contributed by atoms with van der Waals surface area (Å²) in [5, 5.41) is 14.7. The summed E-state index contributed by atoms with van der Waals surface area (Å²) >= 11 is 0. The van der Waals surface area contributed by atoms with Crippen LogP contribution >= 0.6 is 0 Å². The fourth-order valence-electron chi connectivity index (χ4n) is 2.65. The fourth-order valence-corrected chi connectivity index (χ4v) is 2.65. The van der Waals surface area contributed by atoms with Crippen molar-refractivity contribution < 1.29 is 19.5 Å². The summed E-state index contributed by atoms with van der Waals surface area (Å²) in [6.07, 6.45) is 1.16. The molecule has 2 aromatic rings. The van der Waals surface area contributed by atoms with E-state index >= 15 is 0 Å². The molecule has 2 aromatic carbocycles. The predicted octanol–water partition coefficient (Wildman–Crippen LogP) is 2.84. The Kier molecular flexibility index (Phi) is 4.75. The molecule has 0 bridgehead atoms. The molecule has 0 unspecified atom stereocenters. The van der Waals surface area contributed by atoms with Crippen molar-refractivity contribution in [3.8, 4) is 0 Å². The van der Waals surface area contributed by atoms with E-state index in [0.717, 1.165) is 5.56 Å². The average Bonchev–Trinajstić information content (AvgIpc) is 3.43. The number of amides is 2. The lowest BCUT2D eigenvalue weighted by atomic mass is 10.1. The zero-order chi connectivity index (χ0) is 18.7. The van der Waals surface area contributed by atoms with E-state index in [1.807, 2.05) is 13.0 Å². The summed E-state index contributed by atoms with van der Waals surface area (Å²) in [5.41, 5.74) is 1.46. The second-order valence-electron chi connectivity index (χ2n) is 6.62. The molecule has 0 radical (unpaired) electrons. The van der Waals surface area contributed by atoms with Gasteiger partial charge in [-0.05, 0) is 49.6 Å². The van der Waals surface area contributed by atoms with Crippen LogP contribution in [-0.4, -0.2) is 29.4 Å². The highest BCUT2D eigenvalue weighted by atomic mass is 16.4. The number of anilines is 1. The molecule has 6 nitrogen and oxygen atoms in total. The molecule has 134 valence electrons. The van der Waals surface area contributed by atoms with Crippen LogP contribution < -0.4 is 10.6 Å². The highest BCUT2D eigenvalue weighted by Gasteiger charge is 2.50. The van der Waals surface area contributed by atoms with Gasteiger partial charge in [0.1, 0.15) is 0 Å². The second-order valence-corrected chi connectivity index (χ2v) is 6.62. The summed E-state index contributed by atoms with van der Waals surface area (Å²) in [4.78, 5) is 35.8. The number of aryl methyl sites for hydroxylation is 1. The molecule has 0 aliphatic heterocycles. The Balaban J connectivity index is 1.70. The number of carbonyl (C=O) groups is 3. The number of benzene rings is 2. The van der Waals surface area contributed by atoms with E-state index in [2.05, 4.69) is 10.6 Å². The predicted molar refractivity (Wildman–Crippen MR) is 97.2 cm³/mol. The maximum Gasteiger partial charge on any atom is 0.311 e. The summed E-state index contributed by atoms with van der Waals surface area (Å²) in [6, 6.07) is 13.8. The molecule has 3 rings (SSSR count). The van der Waals surface area contributed by atoms with Crippen molar-refractivity contribution in [1.29, 1.82) is 0 Å². The lowest BCUT2D eigenvalue weighted by Crippen LogP contribution is -2.34. The van der Waals surface area contributed by atoms with Crippen LogP contribution in [0.2, 0.25) is 0 Å². The Hall–Kier alpha value is -3.15. The van der Waals surface area contributed by atoms with Gasteiger partial charge < -0.3 is 15.7 Å². The molecule has 26 heavy (non-hydrogen) atoms. The molecule has 0 spiro atoms. The van der Waals surface area contributed by atoms with Crippen LogP contribution in [0, 0.1) is 12.3 Å². The summed E-state index contributed by atoms with van der Waals surface area (Å²) in [6.45, 7) is 1.95. The normalized spacial score (nSPS) is 14.3. The van der Waals surface area contributed by atoms with E-state index in [4.69, 9.17) is 0 Å². The van der Waals surface area contributed by atoms with Crippen molar-refractivity contribution in [2.45, 2.75) is 19.8 Å². The maximum atomic E-state index is 12.3. The Morgan fingerprint density at radius 2 is 1.69 bits per heavy atom. The molecule has 0 heterocycles. The minimum absolute atomic E-state index is 0.112. The first-order chi connectivity index (χ1) is 12.4. The fraction of sp³-hybridized carbons (Fsp3) is 0.250. The van der Waals surface area contributed by atoms with Crippen molar-refractivity contribution in [3.05, 3.63) is 65.2 Å². The van der Waals surface area contributed by atoms with Crippen LogP contribution in [0.15, 0.2) is 48.5 Å². The first-order valence-electron chi connectivity index (χ1n) is 8.40. The number of rotatable bonds is 6. The van der Waals surface area contributed by atoms with E-state index < -0.39 is 11.4 Å². The van der Waals surface area contributed by atoms with Crippen molar-refractivity contribution in [3.63, 3.8) is 0 Å². The van der Waals surface area contributed by atoms with Crippen LogP contribution in [-0.2, 0) is 4.79 Å². The molecule has 2 amide bonds. The van der Waals surface area contributed by atoms with Crippen molar-refractivity contribution in [2.24, 2.45) is 5.41 Å². The Bertz CT molecular complexity index is 857. The summed E-state index contributed by atoms with van der Waals surface area (Å²) in [5.74, 6) is -1.49. The number of hydrogen-bond acceptors (Lipinski definition) is 3. The molecule has 1 aliphatic rings. The molecule has 0 saturated heterocycles. The van der Waals surface area contributed by atoms with Crippen LogP contribution in [0.3, 0.4) is 0 Å². The second kappa shape index (κ2) is 7.00. The minimum atomic E-state index is -0.877. The van der Waals surface area contributed by atoms with Crippen molar-refractivity contribution in [1.82, 2.24) is 5.32 Å². The third kappa shape index (κ3) is 3.74. The molecular weight excluding hydrogens is 332 g/mol. The van der Waals surface area contributed by atoms with Gasteiger partial charge in [-0.3, -0.25) is 14.4 Å². The Morgan fingerprint density at radius 3 is 2.31 bits per heavy atom. The third-order valence-corrected chi connectivity index (χ3v) is 4.68. The minimum Gasteiger partial charge on any atom is -0.481 e. The molecular formula is C20H20N2O4. The van der Waals surface area contributed by atoms with Crippen LogP contribution in [0.25, 0.3) is 0 Å². The molecule has 1 aliphatic carbocycles. The van der Waals surface area contributed by atoms with Crippen LogP contribution in [0.5, 0.6) is 0 Å². The standard InChI is InChI=1S/C20H20N2O4/c1-13-7-8-15(17(23)21-12-20(9-10-20)19(25)26)11-16(13)22-18(24)14-5-3-2-4-6-14/h2-8,11H,9-10,12H2,1H3,(H,21,23)(H,22,24)(H,25,26). The van der Waals surface area contributed by atoms with Crippen molar-refractivity contribution in [2.75, 3.05) is 11.9 Å². The summed E-state index contributed by atoms with van der Waals surface area (Å²) < 4.78 is 0. The smallest absolute Gasteiger partial charge is 0.311 e. The number of carbonyl (C=O) groups excluding carboxylic acids is 2. The van der Waals surface area contributed by atoms with Crippen molar-refractivity contribution >= 4 is 23.5 Å². The first-order valence-corrected chi connectivity index (χ1v) is 8.40. The number of hydrogen-bond donors (Lipinski definition) is 3. The lowest BCUT2D eigenvalue weighted by molar-refractivity contribution is -0.143. The average molecular weight is 352 g/mol. The number of carboxylic acid groups (broad SMARTS) is 1. The van der Waals surface area contributed by atoms with Gasteiger partial charge in [-0.25, -0.2) is 0 Å². The maximum absolute atomic E-state index is 12.3. The monoisotopic (exact) mass is 352 g/mol. The number of carboxylic acids is 1. The van der Waals surface area contributed by atoms with Gasteiger partial charge in [-0.1, -0.05) is 24.3 Å². The van der Waals surface area contributed by atoms with E-state index in [1.165, 1.54) is 0 Å². The van der Waals surface area contributed by atoms with Gasteiger partial charge in [0.15, 0.2) is 0 Å². The van der Waals surface area contributed by atoms with Gasteiger partial charge in [0.2, 0.25) is 0 Å². The summed E-state index contributed by atoms with van der Waals surface area (Å²) in [7, 11) is 0. The molecule has 3 N–H and O–H groups in total. The quantitative estimate of drug-likeness (QED) is 0.745. The zero-order valence-electron chi connectivity index (χ0n) is 14.4. The van der Waals surface area contributed by atoms with Gasteiger partial charge in [-0.15, -0.1) is 0 Å². The van der Waals surface area contributed by atoms with Gasteiger partial charge >= 0.3 is 5.97 Å². The van der Waals surface area contributed by atoms with Crippen LogP contribution in [0.1, 0.15) is 39.1 Å². The third-order valence-electron chi connectivity index (χ3n) is 4.68. The topological polar surface area (TPSA) is 95.5 Å². The van der Waals surface area contributed by atoms with Gasteiger partial charge in [0.05, 0.1) is 5.41 Å². The van der Waals surface area contributed by atoms with Gasteiger partial charge in [0.25, 0.3) is 11.8 Å². The molecule has 0 atom stereocenters. The molecule has 0 aromatic heterocycles. The SMILES string of the molecule is Cc1ccc(C(=O)NCC2(C(=O)O)CC2)cc1NC(=O)c1ccccc1. The van der Waals surface area contributed by atoms with E-state index in [0.29, 0.717) is 29.7 Å². The lowest BCUT2D eigenvalue weighted by Gasteiger charge is -2.13. The molecule has 6 heteroatoms. The van der Waals surface area contributed by atoms with E-state index in [1.54, 1.807) is 42.5 Å². The van der Waals surface area contributed by atoms with Gasteiger partial charge in [0, 0.05) is 23.4 Å². The molecule has 1 fully saturated rings. The zero-order valence-corrected chi connectivity index (χ0v) is 14.4. The highest BCUT2D eigenvalue weighted by Crippen LogP contribution is 2.45. The first kappa shape index (κ1) is 17.7. The van der Waals surface area contributed by atoms with E-state index in [-0.39, 0.29) is 18.4 Å². The Morgan fingerprint density at radius 1 is 1.00 bits per heavy atom. The molecule has 1 saturated carbocycles. The van der Waals surface area contributed by atoms with Crippen LogP contribution in [0.4, 0.5) is 5.69 Å². The number of nitrogens with one attached hydrogen (secondary N) is 2.